The van der Waals surface area contributed by atoms with Crippen LogP contribution in [0.25, 0.3) is 11.0 Å². The van der Waals surface area contributed by atoms with Gasteiger partial charge in [0.1, 0.15) is 0 Å². The molecule has 2 saturated heterocycles. The number of anilines is 1. The van der Waals surface area contributed by atoms with E-state index in [1.807, 2.05) is 18.2 Å². The summed E-state index contributed by atoms with van der Waals surface area (Å²) in [6.07, 6.45) is 4.64. The van der Waals surface area contributed by atoms with Gasteiger partial charge in [-0.3, -0.25) is 9.69 Å². The molecule has 2 aliphatic heterocycles. The number of hydrogen-bond acceptors (Lipinski definition) is 5. The van der Waals surface area contributed by atoms with Crippen LogP contribution in [0.1, 0.15) is 19.3 Å². The highest BCUT2D eigenvalue weighted by molar-refractivity contribution is 5.80. The van der Waals surface area contributed by atoms with Crippen LogP contribution >= 0.6 is 0 Å². The summed E-state index contributed by atoms with van der Waals surface area (Å²) in [6.45, 7) is 11.8. The molecule has 2 aromatic rings. The fraction of sp³-hybridized carbons (Fsp3) is 0.565. The fourth-order valence-corrected chi connectivity index (χ4v) is 4.44. The largest absolute Gasteiger partial charge is 0.379 e. The van der Waals surface area contributed by atoms with Gasteiger partial charge in [-0.1, -0.05) is 18.2 Å². The monoisotopic (exact) mass is 411 g/mol. The van der Waals surface area contributed by atoms with Crippen LogP contribution in [-0.4, -0.2) is 72.8 Å². The lowest BCUT2D eigenvalue weighted by Gasteiger charge is -2.32. The van der Waals surface area contributed by atoms with E-state index in [0.29, 0.717) is 0 Å². The standard InChI is InChI=1S/C23H33N5O2/c1-2-11-28-21-7-4-3-6-20(21)25-23(28)27-13-8-19(9-14-27)22(29)24-10-5-12-26-15-17-30-18-16-26/h2-4,6-7,19H,1,5,8-18H2,(H,24,29). The Balaban J connectivity index is 1.26. The molecule has 1 N–H and O–H groups in total. The molecule has 2 aliphatic rings. The second-order valence-electron chi connectivity index (χ2n) is 8.16. The van der Waals surface area contributed by atoms with Crippen molar-refractivity contribution >= 4 is 22.9 Å². The average molecular weight is 412 g/mol. The van der Waals surface area contributed by atoms with Crippen molar-refractivity contribution in [3.8, 4) is 0 Å². The molecule has 7 heteroatoms. The minimum atomic E-state index is 0.0990. The van der Waals surface area contributed by atoms with Gasteiger partial charge in [-0.25, -0.2) is 4.98 Å². The highest BCUT2D eigenvalue weighted by Crippen LogP contribution is 2.27. The molecule has 0 atom stereocenters. The number of morpholine rings is 1. The molecule has 2 fully saturated rings. The van der Waals surface area contributed by atoms with Crippen molar-refractivity contribution in [2.45, 2.75) is 25.8 Å². The Labute approximate surface area is 178 Å². The van der Waals surface area contributed by atoms with E-state index in [4.69, 9.17) is 9.72 Å². The molecular formula is C23H33N5O2. The Morgan fingerprint density at radius 2 is 1.97 bits per heavy atom. The topological polar surface area (TPSA) is 62.6 Å². The third-order valence-corrected chi connectivity index (χ3v) is 6.15. The summed E-state index contributed by atoms with van der Waals surface area (Å²) < 4.78 is 7.59. The number of amides is 1. The maximum Gasteiger partial charge on any atom is 0.223 e. The molecule has 7 nitrogen and oxygen atoms in total. The first-order chi connectivity index (χ1) is 14.8. The number of aromatic nitrogens is 2. The summed E-state index contributed by atoms with van der Waals surface area (Å²) in [7, 11) is 0. The van der Waals surface area contributed by atoms with Crippen LogP contribution in [-0.2, 0) is 16.1 Å². The quantitative estimate of drug-likeness (QED) is 0.533. The van der Waals surface area contributed by atoms with Crippen molar-refractivity contribution in [1.29, 1.82) is 0 Å². The molecule has 0 aliphatic carbocycles. The van der Waals surface area contributed by atoms with Gasteiger partial charge in [-0.05, 0) is 37.9 Å². The van der Waals surface area contributed by atoms with Crippen molar-refractivity contribution in [2.75, 3.05) is 57.4 Å². The molecule has 1 amide bonds. The number of carbonyl (C=O) groups excluding carboxylic acids is 1. The van der Waals surface area contributed by atoms with E-state index in [1.54, 1.807) is 0 Å². The van der Waals surface area contributed by atoms with Crippen LogP contribution in [0.5, 0.6) is 0 Å². The molecule has 0 spiro atoms. The molecule has 1 aromatic carbocycles. The Morgan fingerprint density at radius 3 is 2.73 bits per heavy atom. The molecule has 162 valence electrons. The highest BCUT2D eigenvalue weighted by atomic mass is 16.5. The molecule has 0 radical (unpaired) electrons. The predicted molar refractivity (Wildman–Crippen MR) is 120 cm³/mol. The number of benzene rings is 1. The van der Waals surface area contributed by atoms with Crippen LogP contribution in [0.3, 0.4) is 0 Å². The third kappa shape index (κ3) is 4.84. The summed E-state index contributed by atoms with van der Waals surface area (Å²) in [5.41, 5.74) is 2.14. The van der Waals surface area contributed by atoms with Gasteiger partial charge < -0.3 is 19.5 Å². The van der Waals surface area contributed by atoms with Crippen molar-refractivity contribution in [1.82, 2.24) is 19.8 Å². The van der Waals surface area contributed by atoms with Gasteiger partial charge in [0.25, 0.3) is 0 Å². The number of ether oxygens (including phenoxy) is 1. The van der Waals surface area contributed by atoms with Crippen LogP contribution in [0.15, 0.2) is 36.9 Å². The number of rotatable bonds is 8. The third-order valence-electron chi connectivity index (χ3n) is 6.15. The number of hydrogen-bond donors (Lipinski definition) is 1. The zero-order valence-corrected chi connectivity index (χ0v) is 17.8. The summed E-state index contributed by atoms with van der Waals surface area (Å²) in [5, 5.41) is 3.15. The van der Waals surface area contributed by atoms with Crippen molar-refractivity contribution < 1.29 is 9.53 Å². The molecular weight excluding hydrogens is 378 g/mol. The molecule has 0 unspecified atom stereocenters. The number of allylic oxidation sites excluding steroid dienone is 1. The van der Waals surface area contributed by atoms with Gasteiger partial charge in [0.15, 0.2) is 0 Å². The van der Waals surface area contributed by atoms with Crippen LogP contribution in [0, 0.1) is 5.92 Å². The average Bonchev–Trinajstić information content (AvgIpc) is 3.16. The van der Waals surface area contributed by atoms with Crippen LogP contribution < -0.4 is 10.2 Å². The number of nitrogens with one attached hydrogen (secondary N) is 1. The Morgan fingerprint density at radius 1 is 1.20 bits per heavy atom. The molecule has 3 heterocycles. The van der Waals surface area contributed by atoms with E-state index in [2.05, 4.69) is 38.4 Å². The zero-order valence-electron chi connectivity index (χ0n) is 17.8. The van der Waals surface area contributed by atoms with Crippen molar-refractivity contribution in [2.24, 2.45) is 5.92 Å². The highest BCUT2D eigenvalue weighted by Gasteiger charge is 2.27. The maximum absolute atomic E-state index is 12.6. The van der Waals surface area contributed by atoms with Gasteiger partial charge >= 0.3 is 0 Å². The lowest BCUT2D eigenvalue weighted by atomic mass is 9.96. The first-order valence-corrected chi connectivity index (χ1v) is 11.1. The first-order valence-electron chi connectivity index (χ1n) is 11.1. The molecule has 0 bridgehead atoms. The van der Waals surface area contributed by atoms with Gasteiger partial charge in [-0.15, -0.1) is 6.58 Å². The zero-order chi connectivity index (χ0) is 20.8. The van der Waals surface area contributed by atoms with E-state index < -0.39 is 0 Å². The minimum Gasteiger partial charge on any atom is -0.379 e. The van der Waals surface area contributed by atoms with E-state index in [-0.39, 0.29) is 11.8 Å². The SMILES string of the molecule is C=CCn1c(N2CCC(C(=O)NCCCN3CCOCC3)CC2)nc2ccccc21. The lowest BCUT2D eigenvalue weighted by molar-refractivity contribution is -0.125. The summed E-state index contributed by atoms with van der Waals surface area (Å²) in [4.78, 5) is 22.2. The number of carbonyl (C=O) groups is 1. The normalized spacial score (nSPS) is 18.6. The maximum atomic E-state index is 12.6. The van der Waals surface area contributed by atoms with E-state index >= 15 is 0 Å². The minimum absolute atomic E-state index is 0.0990. The summed E-state index contributed by atoms with van der Waals surface area (Å²) in [5.74, 6) is 1.29. The van der Waals surface area contributed by atoms with Gasteiger partial charge in [0.05, 0.1) is 24.2 Å². The van der Waals surface area contributed by atoms with Gasteiger partial charge in [0, 0.05) is 45.2 Å². The lowest BCUT2D eigenvalue weighted by Crippen LogP contribution is -2.42. The summed E-state index contributed by atoms with van der Waals surface area (Å²) >= 11 is 0. The second kappa shape index (κ2) is 10.1. The van der Waals surface area contributed by atoms with E-state index in [1.165, 1.54) is 0 Å². The molecule has 0 saturated carbocycles. The first kappa shape index (κ1) is 20.9. The molecule has 4 rings (SSSR count). The number of para-hydroxylation sites is 2. The van der Waals surface area contributed by atoms with E-state index in [0.717, 1.165) is 95.3 Å². The molecule has 1 aromatic heterocycles. The Bertz CT molecular complexity index is 850. The molecule has 30 heavy (non-hydrogen) atoms. The van der Waals surface area contributed by atoms with Crippen LogP contribution in [0.2, 0.25) is 0 Å². The Hall–Kier alpha value is -2.38. The Kier molecular flexibility index (Phi) is 7.02. The summed E-state index contributed by atoms with van der Waals surface area (Å²) in [6, 6.07) is 8.22. The van der Waals surface area contributed by atoms with E-state index in [9.17, 15) is 4.79 Å². The number of nitrogens with zero attached hydrogens (tertiary/aromatic N) is 4. The van der Waals surface area contributed by atoms with Crippen molar-refractivity contribution in [3.63, 3.8) is 0 Å². The number of fused-ring (bicyclic) bond motifs is 1. The van der Waals surface area contributed by atoms with Crippen molar-refractivity contribution in [3.05, 3.63) is 36.9 Å². The fourth-order valence-electron chi connectivity index (χ4n) is 4.44. The second-order valence-corrected chi connectivity index (χ2v) is 8.16. The number of imidazole rings is 1. The van der Waals surface area contributed by atoms with Crippen LogP contribution in [0.4, 0.5) is 5.95 Å². The predicted octanol–water partition coefficient (Wildman–Crippen LogP) is 2.28. The van der Waals surface area contributed by atoms with Gasteiger partial charge in [-0.2, -0.15) is 0 Å². The number of piperidine rings is 1. The smallest absolute Gasteiger partial charge is 0.223 e. The van der Waals surface area contributed by atoms with Gasteiger partial charge in [0.2, 0.25) is 11.9 Å².